The molecule has 1 amide bonds. The van der Waals surface area contributed by atoms with Crippen LogP contribution in [-0.4, -0.2) is 30.6 Å². The van der Waals surface area contributed by atoms with Crippen molar-refractivity contribution in [3.8, 4) is 11.8 Å². The van der Waals surface area contributed by atoms with Crippen molar-refractivity contribution in [1.82, 2.24) is 5.32 Å². The molecule has 4 nitrogen and oxygen atoms in total. The number of anilines is 1. The first-order chi connectivity index (χ1) is 15.6. The molecule has 2 rings (SSSR count). The van der Waals surface area contributed by atoms with Crippen LogP contribution in [0.15, 0.2) is 54.6 Å². The van der Waals surface area contributed by atoms with E-state index in [4.69, 9.17) is 5.73 Å². The Hall–Kier alpha value is -2.77. The van der Waals surface area contributed by atoms with E-state index in [9.17, 15) is 4.79 Å². The maximum atomic E-state index is 12.6. The zero-order valence-corrected chi connectivity index (χ0v) is 21.2. The van der Waals surface area contributed by atoms with Crippen molar-refractivity contribution in [2.45, 2.75) is 66.0 Å². The minimum absolute atomic E-state index is 0.0796. The van der Waals surface area contributed by atoms with Gasteiger partial charge in [-0.15, -0.1) is 0 Å². The van der Waals surface area contributed by atoms with Crippen LogP contribution in [0, 0.1) is 23.7 Å². The van der Waals surface area contributed by atoms with E-state index in [-0.39, 0.29) is 5.91 Å². The second kappa shape index (κ2) is 12.5. The Balaban J connectivity index is 2.13. The van der Waals surface area contributed by atoms with Gasteiger partial charge in [0, 0.05) is 29.9 Å². The maximum absolute atomic E-state index is 12.6. The van der Waals surface area contributed by atoms with Gasteiger partial charge in [-0.1, -0.05) is 57.7 Å². The Morgan fingerprint density at radius 3 is 2.06 bits per heavy atom. The average molecular weight is 448 g/mol. The highest BCUT2D eigenvalue weighted by molar-refractivity contribution is 5.82. The van der Waals surface area contributed by atoms with E-state index in [0.29, 0.717) is 24.8 Å². The van der Waals surface area contributed by atoms with E-state index in [1.54, 1.807) is 0 Å². The van der Waals surface area contributed by atoms with Crippen LogP contribution in [0.4, 0.5) is 5.69 Å². The molecule has 178 valence electrons. The summed E-state index contributed by atoms with van der Waals surface area (Å²) in [6, 6.07) is 17.9. The molecule has 1 unspecified atom stereocenters. The third kappa shape index (κ3) is 9.72. The van der Waals surface area contributed by atoms with Gasteiger partial charge in [-0.05, 0) is 74.9 Å². The van der Waals surface area contributed by atoms with Crippen LogP contribution in [-0.2, 0) is 4.79 Å². The first kappa shape index (κ1) is 26.5. The van der Waals surface area contributed by atoms with Crippen LogP contribution in [0.25, 0.3) is 0 Å². The molecule has 4 heteroatoms. The Labute approximate surface area is 201 Å². The van der Waals surface area contributed by atoms with Crippen molar-refractivity contribution < 1.29 is 4.79 Å². The molecule has 33 heavy (non-hydrogen) atoms. The summed E-state index contributed by atoms with van der Waals surface area (Å²) >= 11 is 0. The predicted octanol–water partition coefficient (Wildman–Crippen LogP) is 5.21. The number of hydrogen-bond acceptors (Lipinski definition) is 3. The highest BCUT2D eigenvalue weighted by Gasteiger charge is 2.27. The van der Waals surface area contributed by atoms with Gasteiger partial charge in [0.25, 0.3) is 0 Å². The fourth-order valence-electron chi connectivity index (χ4n) is 3.69. The molecule has 3 N–H and O–H groups in total. The number of benzene rings is 2. The fourth-order valence-corrected chi connectivity index (χ4v) is 3.69. The molecule has 2 aromatic rings. The van der Waals surface area contributed by atoms with Crippen molar-refractivity contribution in [3.05, 3.63) is 65.7 Å². The highest BCUT2D eigenvalue weighted by Crippen LogP contribution is 2.20. The first-order valence-electron chi connectivity index (χ1n) is 12.1. The van der Waals surface area contributed by atoms with Gasteiger partial charge in [0.1, 0.15) is 0 Å². The van der Waals surface area contributed by atoms with Gasteiger partial charge in [-0.3, -0.25) is 4.79 Å². The second-order valence-electron chi connectivity index (χ2n) is 10.4. The number of carbonyl (C=O) groups excluding carboxylic acids is 1. The number of rotatable bonds is 10. The quantitative estimate of drug-likeness (QED) is 0.492. The van der Waals surface area contributed by atoms with Crippen LogP contribution < -0.4 is 16.0 Å². The van der Waals surface area contributed by atoms with E-state index in [0.717, 1.165) is 29.8 Å². The Bertz CT molecular complexity index is 921. The number of nitrogens with two attached hydrogens (primary N) is 1. The summed E-state index contributed by atoms with van der Waals surface area (Å²) in [5.41, 5.74) is 8.83. The van der Waals surface area contributed by atoms with Crippen molar-refractivity contribution in [1.29, 1.82) is 0 Å². The predicted molar refractivity (Wildman–Crippen MR) is 140 cm³/mol. The smallest absolute Gasteiger partial charge is 0.237 e. The highest BCUT2D eigenvalue weighted by atomic mass is 16.2. The standard InChI is InChI=1S/C29H41N3O/c1-22(2)18-19-32(21-29(5,6)31-28(33)27(30)20-23(3)4)26-16-14-25(15-17-26)13-12-24-10-8-7-9-11-24/h7-11,14-17,22-23,27H,18-21,30H2,1-6H3,(H,31,33). The van der Waals surface area contributed by atoms with Crippen LogP contribution in [0.2, 0.25) is 0 Å². The molecule has 2 aromatic carbocycles. The van der Waals surface area contributed by atoms with Gasteiger partial charge < -0.3 is 16.0 Å². The molecule has 0 aliphatic rings. The van der Waals surface area contributed by atoms with Gasteiger partial charge in [0.15, 0.2) is 0 Å². The summed E-state index contributed by atoms with van der Waals surface area (Å²) in [6.07, 6.45) is 1.76. The average Bonchev–Trinajstić information content (AvgIpc) is 2.75. The fraction of sp³-hybridized carbons (Fsp3) is 0.483. The second-order valence-corrected chi connectivity index (χ2v) is 10.4. The maximum Gasteiger partial charge on any atom is 0.237 e. The third-order valence-corrected chi connectivity index (χ3v) is 5.44. The van der Waals surface area contributed by atoms with E-state index < -0.39 is 11.6 Å². The summed E-state index contributed by atoms with van der Waals surface area (Å²) in [5.74, 6) is 7.36. The minimum Gasteiger partial charge on any atom is -0.369 e. The molecule has 0 aliphatic heterocycles. The van der Waals surface area contributed by atoms with E-state index in [1.807, 2.05) is 30.3 Å². The molecule has 0 spiro atoms. The summed E-state index contributed by atoms with van der Waals surface area (Å²) in [7, 11) is 0. The lowest BCUT2D eigenvalue weighted by molar-refractivity contribution is -0.124. The number of amides is 1. The molecule has 0 aliphatic carbocycles. The van der Waals surface area contributed by atoms with Gasteiger partial charge in [-0.2, -0.15) is 0 Å². The van der Waals surface area contributed by atoms with Gasteiger partial charge in [0.05, 0.1) is 11.6 Å². The lowest BCUT2D eigenvalue weighted by Crippen LogP contribution is -2.56. The monoisotopic (exact) mass is 447 g/mol. The molecule has 1 atom stereocenters. The van der Waals surface area contributed by atoms with Crippen molar-refractivity contribution in [2.75, 3.05) is 18.0 Å². The van der Waals surface area contributed by atoms with Crippen LogP contribution in [0.1, 0.15) is 65.5 Å². The first-order valence-corrected chi connectivity index (χ1v) is 12.1. The summed E-state index contributed by atoms with van der Waals surface area (Å²) in [4.78, 5) is 15.0. The van der Waals surface area contributed by atoms with Gasteiger partial charge in [-0.25, -0.2) is 0 Å². The molecular formula is C29H41N3O. The van der Waals surface area contributed by atoms with Crippen LogP contribution in [0.5, 0.6) is 0 Å². The zero-order valence-electron chi connectivity index (χ0n) is 21.2. The number of carbonyl (C=O) groups is 1. The van der Waals surface area contributed by atoms with Crippen molar-refractivity contribution >= 4 is 11.6 Å². The lowest BCUT2D eigenvalue weighted by atomic mass is 9.99. The molecule has 0 aromatic heterocycles. The molecule has 0 saturated heterocycles. The normalized spacial score (nSPS) is 12.3. The molecular weight excluding hydrogens is 406 g/mol. The topological polar surface area (TPSA) is 58.4 Å². The van der Waals surface area contributed by atoms with Crippen molar-refractivity contribution in [2.24, 2.45) is 17.6 Å². The number of hydrogen-bond donors (Lipinski definition) is 2. The molecule has 0 fully saturated rings. The number of nitrogens with zero attached hydrogens (tertiary/aromatic N) is 1. The molecule has 0 heterocycles. The molecule has 0 radical (unpaired) electrons. The molecule has 0 saturated carbocycles. The number of nitrogens with one attached hydrogen (secondary N) is 1. The van der Waals surface area contributed by atoms with Gasteiger partial charge in [0.2, 0.25) is 5.91 Å². The SMILES string of the molecule is CC(C)CCN(CC(C)(C)NC(=O)C(N)CC(C)C)c1ccc(C#Cc2ccccc2)cc1. The largest absolute Gasteiger partial charge is 0.369 e. The van der Waals surface area contributed by atoms with E-state index in [1.165, 1.54) is 0 Å². The van der Waals surface area contributed by atoms with Crippen molar-refractivity contribution in [3.63, 3.8) is 0 Å². The zero-order chi connectivity index (χ0) is 24.4. The van der Waals surface area contributed by atoms with E-state index >= 15 is 0 Å². The van der Waals surface area contributed by atoms with E-state index in [2.05, 4.69) is 87.9 Å². The Morgan fingerprint density at radius 1 is 0.939 bits per heavy atom. The summed E-state index contributed by atoms with van der Waals surface area (Å²) in [6.45, 7) is 14.4. The van der Waals surface area contributed by atoms with Gasteiger partial charge >= 0.3 is 0 Å². The summed E-state index contributed by atoms with van der Waals surface area (Å²) in [5, 5.41) is 3.17. The van der Waals surface area contributed by atoms with Crippen LogP contribution >= 0.6 is 0 Å². The molecule has 0 bridgehead atoms. The minimum atomic E-state index is -0.476. The van der Waals surface area contributed by atoms with Crippen LogP contribution in [0.3, 0.4) is 0 Å². The summed E-state index contributed by atoms with van der Waals surface area (Å²) < 4.78 is 0. The Morgan fingerprint density at radius 2 is 1.52 bits per heavy atom. The Kier molecular flexibility index (Phi) is 10.0. The lowest BCUT2D eigenvalue weighted by Gasteiger charge is -2.36. The third-order valence-electron chi connectivity index (χ3n) is 5.44.